The Balaban J connectivity index is 1.84. The number of hydrogen-bond acceptors (Lipinski definition) is 4. The Bertz CT molecular complexity index is 824. The number of rotatable bonds is 4. The Hall–Kier alpha value is -1.75. The molecule has 26 heavy (non-hydrogen) atoms. The highest BCUT2D eigenvalue weighted by Crippen LogP contribution is 2.49. The van der Waals surface area contributed by atoms with Crippen molar-refractivity contribution in [2.24, 2.45) is 4.99 Å². The molecule has 1 fully saturated rings. The highest BCUT2D eigenvalue weighted by atomic mass is 32.2. The molecule has 3 atom stereocenters. The first-order valence-corrected chi connectivity index (χ1v) is 10.6. The fourth-order valence-corrected chi connectivity index (χ4v) is 5.92. The first-order chi connectivity index (χ1) is 12.5. The Morgan fingerprint density at radius 2 is 2.08 bits per heavy atom. The van der Waals surface area contributed by atoms with Gasteiger partial charge in [-0.2, -0.15) is 0 Å². The van der Waals surface area contributed by atoms with Crippen LogP contribution < -0.4 is 0 Å². The molecule has 5 heteroatoms. The second kappa shape index (κ2) is 6.76. The first-order valence-electron chi connectivity index (χ1n) is 9.61. The number of pyridine rings is 1. The van der Waals surface area contributed by atoms with Gasteiger partial charge in [0, 0.05) is 35.4 Å². The molecule has 4 nitrogen and oxygen atoms in total. The molecule has 0 saturated carbocycles. The van der Waals surface area contributed by atoms with E-state index in [9.17, 15) is 0 Å². The number of fused-ring (bicyclic) bond motifs is 1. The normalized spacial score (nSPS) is 25.1. The van der Waals surface area contributed by atoms with Crippen LogP contribution in [0.25, 0.3) is 0 Å². The van der Waals surface area contributed by atoms with Crippen LogP contribution in [0.5, 0.6) is 0 Å². The van der Waals surface area contributed by atoms with Crippen LogP contribution in [0, 0.1) is 13.8 Å². The number of amidine groups is 1. The van der Waals surface area contributed by atoms with Gasteiger partial charge in [-0.25, -0.2) is 0 Å². The largest absolute Gasteiger partial charge is 0.346 e. The third-order valence-electron chi connectivity index (χ3n) is 5.69. The number of aryl methyl sites for hydroxylation is 1. The maximum Gasteiger partial charge on any atom is 0.160 e. The van der Waals surface area contributed by atoms with Crippen LogP contribution >= 0.6 is 11.8 Å². The third-order valence-corrected chi connectivity index (χ3v) is 6.81. The van der Waals surface area contributed by atoms with Crippen LogP contribution in [-0.2, 0) is 0 Å². The van der Waals surface area contributed by atoms with Crippen LogP contribution in [0.15, 0.2) is 35.5 Å². The topological polar surface area (TPSA) is 33.4 Å². The van der Waals surface area contributed by atoms with Gasteiger partial charge in [-0.3, -0.25) is 9.98 Å². The number of thioether (sulfide) groups is 1. The van der Waals surface area contributed by atoms with E-state index in [0.717, 1.165) is 17.9 Å². The summed E-state index contributed by atoms with van der Waals surface area (Å²) in [5, 5.41) is 1.20. The summed E-state index contributed by atoms with van der Waals surface area (Å²) in [5.41, 5.74) is 5.18. The molecule has 0 aromatic carbocycles. The molecule has 0 amide bonds. The van der Waals surface area contributed by atoms with Crippen LogP contribution in [0.1, 0.15) is 68.0 Å². The second-order valence-electron chi connectivity index (χ2n) is 7.63. The van der Waals surface area contributed by atoms with Gasteiger partial charge in [0.05, 0.1) is 11.7 Å². The number of hydrogen-bond donors (Lipinski definition) is 0. The Labute approximate surface area is 160 Å². The predicted molar refractivity (Wildman–Crippen MR) is 110 cm³/mol. The lowest BCUT2D eigenvalue weighted by atomic mass is 9.95. The van der Waals surface area contributed by atoms with Gasteiger partial charge in [0.25, 0.3) is 0 Å². The summed E-state index contributed by atoms with van der Waals surface area (Å²) in [6.07, 6.45) is 3.04. The van der Waals surface area contributed by atoms with Gasteiger partial charge < -0.3 is 9.47 Å². The van der Waals surface area contributed by atoms with Crippen molar-refractivity contribution >= 4 is 16.9 Å². The minimum atomic E-state index is 0.0779. The van der Waals surface area contributed by atoms with E-state index in [1.165, 1.54) is 22.1 Å². The Kier molecular flexibility index (Phi) is 4.59. The van der Waals surface area contributed by atoms with E-state index in [2.05, 4.69) is 67.3 Å². The molecule has 0 unspecified atom stereocenters. The van der Waals surface area contributed by atoms with Gasteiger partial charge in [-0.15, -0.1) is 0 Å². The van der Waals surface area contributed by atoms with E-state index in [1.54, 1.807) is 0 Å². The van der Waals surface area contributed by atoms with Gasteiger partial charge in [-0.05, 0) is 57.9 Å². The standard InChI is InChI=1S/C21H28N4S/c1-6-16-12-26-21-23-19(18-9-7-8-10-22-18)20(25(16)21)17-11-14(4)24(13(2)3)15(17)5/h7-11,13,16,19-20H,6,12H2,1-5H3/t16-,19-,20+/m1/s1. The summed E-state index contributed by atoms with van der Waals surface area (Å²) in [7, 11) is 0. The minimum Gasteiger partial charge on any atom is -0.346 e. The lowest BCUT2D eigenvalue weighted by molar-refractivity contribution is 0.254. The molecule has 138 valence electrons. The van der Waals surface area contributed by atoms with Crippen LogP contribution in [0.3, 0.4) is 0 Å². The van der Waals surface area contributed by atoms with Crippen molar-refractivity contribution < 1.29 is 0 Å². The lowest BCUT2D eigenvalue weighted by Crippen LogP contribution is -2.35. The van der Waals surface area contributed by atoms with Crippen molar-refractivity contribution in [3.63, 3.8) is 0 Å². The SMILES string of the molecule is CC[C@@H]1CSC2=N[C@H](c3ccccn3)[C@H](c3cc(C)n(C(C)C)c3C)N21. The molecular weight excluding hydrogens is 340 g/mol. The zero-order valence-corrected chi connectivity index (χ0v) is 17.1. The third kappa shape index (κ3) is 2.68. The monoisotopic (exact) mass is 368 g/mol. The highest BCUT2D eigenvalue weighted by molar-refractivity contribution is 8.14. The molecule has 2 aromatic heterocycles. The number of aliphatic imine (C=N–C) groups is 1. The zero-order valence-electron chi connectivity index (χ0n) is 16.3. The summed E-state index contributed by atoms with van der Waals surface area (Å²) in [5.74, 6) is 1.14. The van der Waals surface area contributed by atoms with Gasteiger partial charge in [-0.1, -0.05) is 24.8 Å². The second-order valence-corrected chi connectivity index (χ2v) is 8.61. The lowest BCUT2D eigenvalue weighted by Gasteiger charge is -2.32. The fraction of sp³-hybridized carbons (Fsp3) is 0.524. The van der Waals surface area contributed by atoms with Gasteiger partial charge >= 0.3 is 0 Å². The van der Waals surface area contributed by atoms with Crippen molar-refractivity contribution in [2.75, 3.05) is 5.75 Å². The number of nitrogens with zero attached hydrogens (tertiary/aromatic N) is 4. The maximum atomic E-state index is 5.13. The summed E-state index contributed by atoms with van der Waals surface area (Å²) in [4.78, 5) is 12.4. The maximum absolute atomic E-state index is 5.13. The van der Waals surface area contributed by atoms with Gasteiger partial charge in [0.1, 0.15) is 6.04 Å². The molecule has 2 aliphatic rings. The van der Waals surface area contributed by atoms with E-state index >= 15 is 0 Å². The molecule has 0 spiro atoms. The van der Waals surface area contributed by atoms with E-state index in [4.69, 9.17) is 4.99 Å². The summed E-state index contributed by atoms with van der Waals surface area (Å²) < 4.78 is 2.45. The summed E-state index contributed by atoms with van der Waals surface area (Å²) in [6, 6.07) is 9.91. The van der Waals surface area contributed by atoms with Crippen LogP contribution in [0.4, 0.5) is 0 Å². The molecule has 0 bridgehead atoms. The van der Waals surface area contributed by atoms with Crippen LogP contribution in [0.2, 0.25) is 0 Å². The highest BCUT2D eigenvalue weighted by Gasteiger charge is 2.46. The van der Waals surface area contributed by atoms with Crippen molar-refractivity contribution in [3.8, 4) is 0 Å². The number of aromatic nitrogens is 2. The summed E-state index contributed by atoms with van der Waals surface area (Å²) >= 11 is 1.91. The molecule has 2 aliphatic heterocycles. The molecule has 1 saturated heterocycles. The summed E-state index contributed by atoms with van der Waals surface area (Å²) in [6.45, 7) is 11.3. The van der Waals surface area contributed by atoms with Crippen molar-refractivity contribution in [2.45, 2.75) is 65.2 Å². The van der Waals surface area contributed by atoms with Crippen molar-refractivity contribution in [1.82, 2.24) is 14.5 Å². The smallest absolute Gasteiger partial charge is 0.160 e. The Morgan fingerprint density at radius 1 is 1.27 bits per heavy atom. The van der Waals surface area contributed by atoms with Gasteiger partial charge in [0.2, 0.25) is 0 Å². The van der Waals surface area contributed by atoms with E-state index in [0.29, 0.717) is 12.1 Å². The average molecular weight is 369 g/mol. The molecule has 2 aromatic rings. The van der Waals surface area contributed by atoms with Gasteiger partial charge in [0.15, 0.2) is 5.17 Å². The molecule has 4 rings (SSSR count). The van der Waals surface area contributed by atoms with E-state index in [-0.39, 0.29) is 12.1 Å². The van der Waals surface area contributed by atoms with Crippen molar-refractivity contribution in [1.29, 1.82) is 0 Å². The Morgan fingerprint density at radius 3 is 2.69 bits per heavy atom. The van der Waals surface area contributed by atoms with E-state index in [1.807, 2.05) is 24.0 Å². The first kappa shape index (κ1) is 17.7. The molecule has 0 radical (unpaired) electrons. The van der Waals surface area contributed by atoms with Crippen LogP contribution in [-0.4, -0.2) is 31.4 Å². The molecule has 0 aliphatic carbocycles. The van der Waals surface area contributed by atoms with Crippen molar-refractivity contribution in [3.05, 3.63) is 53.1 Å². The molecule has 4 heterocycles. The average Bonchev–Trinajstić information content (AvgIpc) is 3.27. The predicted octanol–water partition coefficient (Wildman–Crippen LogP) is 5.06. The quantitative estimate of drug-likeness (QED) is 0.756. The van der Waals surface area contributed by atoms with E-state index < -0.39 is 0 Å². The zero-order chi connectivity index (χ0) is 18.4. The fourth-order valence-electron chi connectivity index (χ4n) is 4.58. The minimum absolute atomic E-state index is 0.0779. The molecular formula is C21H28N4S. The molecule has 0 N–H and O–H groups in total.